The smallest absolute Gasteiger partial charge is 0.273 e. The number of nitro benzene ring substituents is 1. The van der Waals surface area contributed by atoms with Crippen molar-refractivity contribution in [3.63, 3.8) is 0 Å². The molecule has 0 atom stereocenters. The first-order valence-corrected chi connectivity index (χ1v) is 3.87. The quantitative estimate of drug-likeness (QED) is 0.212. The fourth-order valence-corrected chi connectivity index (χ4v) is 1.17. The summed E-state index contributed by atoms with van der Waals surface area (Å²) in [6, 6.07) is 4.51. The van der Waals surface area contributed by atoms with E-state index in [1.165, 1.54) is 12.1 Å². The predicted octanol–water partition coefficient (Wildman–Crippen LogP) is 0.692. The Morgan fingerprint density at radius 1 is 1.64 bits per heavy atom. The van der Waals surface area contributed by atoms with Crippen molar-refractivity contribution in [2.24, 2.45) is 5.84 Å². The van der Waals surface area contributed by atoms with Gasteiger partial charge in [0.05, 0.1) is 4.92 Å². The Kier molecular flexibility index (Phi) is 2.78. The van der Waals surface area contributed by atoms with E-state index in [2.05, 4.69) is 5.43 Å². The zero-order valence-electron chi connectivity index (χ0n) is 7.57. The third-order valence-corrected chi connectivity index (χ3v) is 1.92. The van der Waals surface area contributed by atoms with Gasteiger partial charge in [0.1, 0.15) is 5.84 Å². The monoisotopic (exact) mass is 194 g/mol. The maximum Gasteiger partial charge on any atom is 0.273 e. The van der Waals surface area contributed by atoms with Crippen LogP contribution in [-0.4, -0.2) is 10.8 Å². The summed E-state index contributed by atoms with van der Waals surface area (Å²) in [4.78, 5) is 10.1. The molecular weight excluding hydrogens is 184 g/mol. The fourth-order valence-electron chi connectivity index (χ4n) is 1.17. The Bertz CT molecular complexity index is 389. The second kappa shape index (κ2) is 3.84. The summed E-state index contributed by atoms with van der Waals surface area (Å²) in [5.74, 6) is 5.02. The van der Waals surface area contributed by atoms with Gasteiger partial charge in [-0.05, 0) is 6.92 Å². The number of nitrogens with two attached hydrogens (primary N) is 1. The van der Waals surface area contributed by atoms with Gasteiger partial charge in [-0.25, -0.2) is 5.84 Å². The van der Waals surface area contributed by atoms with Crippen LogP contribution < -0.4 is 11.3 Å². The third kappa shape index (κ3) is 1.69. The van der Waals surface area contributed by atoms with Crippen LogP contribution in [-0.2, 0) is 0 Å². The van der Waals surface area contributed by atoms with Crippen LogP contribution in [0.4, 0.5) is 5.69 Å². The van der Waals surface area contributed by atoms with E-state index in [0.29, 0.717) is 11.1 Å². The average molecular weight is 194 g/mol. The number of hydrogen-bond donors (Lipinski definition) is 3. The number of nitrogens with one attached hydrogen (secondary N) is 2. The minimum absolute atomic E-state index is 0.0116. The van der Waals surface area contributed by atoms with Gasteiger partial charge in [-0.2, -0.15) is 0 Å². The summed E-state index contributed by atoms with van der Waals surface area (Å²) in [5.41, 5.74) is 3.00. The molecule has 0 spiro atoms. The highest BCUT2D eigenvalue weighted by molar-refractivity contribution is 5.98. The van der Waals surface area contributed by atoms with Gasteiger partial charge in [0.15, 0.2) is 0 Å². The summed E-state index contributed by atoms with van der Waals surface area (Å²) in [5, 5.41) is 18.0. The van der Waals surface area contributed by atoms with Crippen LogP contribution in [0.25, 0.3) is 0 Å². The van der Waals surface area contributed by atoms with Gasteiger partial charge in [0, 0.05) is 17.2 Å². The molecule has 0 unspecified atom stereocenters. The van der Waals surface area contributed by atoms with Crippen molar-refractivity contribution in [2.45, 2.75) is 6.92 Å². The third-order valence-electron chi connectivity index (χ3n) is 1.92. The summed E-state index contributed by atoms with van der Waals surface area (Å²) in [6.07, 6.45) is 0. The van der Waals surface area contributed by atoms with Crippen molar-refractivity contribution in [2.75, 3.05) is 0 Å². The van der Waals surface area contributed by atoms with E-state index in [1.54, 1.807) is 13.0 Å². The van der Waals surface area contributed by atoms with Crippen LogP contribution in [0.2, 0.25) is 0 Å². The molecule has 74 valence electrons. The Labute approximate surface area is 80.4 Å². The van der Waals surface area contributed by atoms with Gasteiger partial charge in [-0.1, -0.05) is 12.1 Å². The molecule has 0 radical (unpaired) electrons. The molecule has 0 heterocycles. The molecule has 1 aromatic carbocycles. The molecule has 0 aromatic heterocycles. The zero-order chi connectivity index (χ0) is 10.7. The van der Waals surface area contributed by atoms with Crippen molar-refractivity contribution in [3.8, 4) is 0 Å². The standard InChI is InChI=1S/C8H10N4O2/c1-5-6(8(9)11-10)3-2-4-7(5)12(13)14/h2-4H,10H2,1H3,(H2,9,11). The number of hydrogen-bond acceptors (Lipinski definition) is 4. The molecule has 6 heteroatoms. The lowest BCUT2D eigenvalue weighted by atomic mass is 10.1. The van der Waals surface area contributed by atoms with Gasteiger partial charge in [0.25, 0.3) is 5.69 Å². The molecule has 0 amide bonds. The van der Waals surface area contributed by atoms with E-state index in [-0.39, 0.29) is 11.5 Å². The van der Waals surface area contributed by atoms with Crippen molar-refractivity contribution in [1.82, 2.24) is 5.43 Å². The van der Waals surface area contributed by atoms with Crippen molar-refractivity contribution >= 4 is 11.5 Å². The summed E-state index contributed by atoms with van der Waals surface area (Å²) in [7, 11) is 0. The minimum atomic E-state index is -0.484. The fraction of sp³-hybridized carbons (Fsp3) is 0.125. The maximum atomic E-state index is 10.6. The first-order chi connectivity index (χ1) is 6.57. The topological polar surface area (TPSA) is 105 Å². The van der Waals surface area contributed by atoms with Crippen molar-refractivity contribution < 1.29 is 4.92 Å². The molecule has 0 saturated carbocycles. The predicted molar refractivity (Wildman–Crippen MR) is 52.0 cm³/mol. The van der Waals surface area contributed by atoms with Crippen LogP contribution in [0.15, 0.2) is 18.2 Å². The second-order valence-electron chi connectivity index (χ2n) is 2.73. The molecule has 4 N–H and O–H groups in total. The second-order valence-corrected chi connectivity index (χ2v) is 2.73. The van der Waals surface area contributed by atoms with E-state index < -0.39 is 4.92 Å². The Balaban J connectivity index is 3.27. The molecule has 6 nitrogen and oxygen atoms in total. The lowest BCUT2D eigenvalue weighted by Gasteiger charge is -2.06. The Morgan fingerprint density at radius 2 is 2.29 bits per heavy atom. The number of hydrazine groups is 1. The van der Waals surface area contributed by atoms with Gasteiger partial charge < -0.3 is 5.43 Å². The molecule has 0 saturated heterocycles. The van der Waals surface area contributed by atoms with Crippen molar-refractivity contribution in [3.05, 3.63) is 39.4 Å². The van der Waals surface area contributed by atoms with E-state index in [4.69, 9.17) is 11.3 Å². The van der Waals surface area contributed by atoms with Crippen LogP contribution in [0.3, 0.4) is 0 Å². The van der Waals surface area contributed by atoms with E-state index >= 15 is 0 Å². The number of amidine groups is 1. The normalized spacial score (nSPS) is 9.57. The molecule has 0 aliphatic heterocycles. The lowest BCUT2D eigenvalue weighted by molar-refractivity contribution is -0.385. The first kappa shape index (κ1) is 10.1. The van der Waals surface area contributed by atoms with Gasteiger partial charge in [-0.3, -0.25) is 15.5 Å². The van der Waals surface area contributed by atoms with Crippen molar-refractivity contribution in [1.29, 1.82) is 5.41 Å². The first-order valence-electron chi connectivity index (χ1n) is 3.87. The molecule has 0 fully saturated rings. The summed E-state index contributed by atoms with van der Waals surface area (Å²) >= 11 is 0. The molecular formula is C8H10N4O2. The molecule has 1 rings (SSSR count). The summed E-state index contributed by atoms with van der Waals surface area (Å²) < 4.78 is 0. The van der Waals surface area contributed by atoms with Crippen LogP contribution in [0.1, 0.15) is 11.1 Å². The number of nitro groups is 1. The Morgan fingerprint density at radius 3 is 2.79 bits per heavy atom. The van der Waals surface area contributed by atoms with E-state index in [9.17, 15) is 10.1 Å². The number of rotatable bonds is 2. The van der Waals surface area contributed by atoms with Crippen LogP contribution >= 0.6 is 0 Å². The highest BCUT2D eigenvalue weighted by Crippen LogP contribution is 2.20. The van der Waals surface area contributed by atoms with E-state index in [1.807, 2.05) is 0 Å². The number of benzene rings is 1. The highest BCUT2D eigenvalue weighted by Gasteiger charge is 2.14. The van der Waals surface area contributed by atoms with Gasteiger partial charge >= 0.3 is 0 Å². The summed E-state index contributed by atoms with van der Waals surface area (Å²) in [6.45, 7) is 1.58. The molecule has 0 aliphatic rings. The zero-order valence-corrected chi connectivity index (χ0v) is 7.57. The van der Waals surface area contributed by atoms with Crippen LogP contribution in [0.5, 0.6) is 0 Å². The maximum absolute atomic E-state index is 10.6. The van der Waals surface area contributed by atoms with Gasteiger partial charge in [-0.15, -0.1) is 0 Å². The molecule has 0 bridgehead atoms. The SMILES string of the molecule is Cc1c(C(=N)NN)cccc1[N+](=O)[O-]. The molecule has 1 aromatic rings. The largest absolute Gasteiger partial charge is 0.308 e. The Hall–Kier alpha value is -1.95. The molecule has 0 aliphatic carbocycles. The average Bonchev–Trinajstić information content (AvgIpc) is 2.16. The van der Waals surface area contributed by atoms with E-state index in [0.717, 1.165) is 0 Å². The highest BCUT2D eigenvalue weighted by atomic mass is 16.6. The van der Waals surface area contributed by atoms with Gasteiger partial charge in [0.2, 0.25) is 0 Å². The molecule has 14 heavy (non-hydrogen) atoms. The lowest BCUT2D eigenvalue weighted by Crippen LogP contribution is -2.30. The van der Waals surface area contributed by atoms with Crippen LogP contribution in [0, 0.1) is 22.4 Å². The number of nitrogens with zero attached hydrogens (tertiary/aromatic N) is 1. The minimum Gasteiger partial charge on any atom is -0.308 e.